The normalized spacial score (nSPS) is 10.3. The number of carbonyl (C=O) groups is 1. The number of hydrogen-bond donors (Lipinski definition) is 2. The first-order valence-corrected chi connectivity index (χ1v) is 10.3. The highest BCUT2D eigenvalue weighted by Gasteiger charge is 2.17. The first kappa shape index (κ1) is 22.9. The van der Waals surface area contributed by atoms with Crippen LogP contribution in [0.3, 0.4) is 0 Å². The third-order valence-electron chi connectivity index (χ3n) is 4.87. The Morgan fingerprint density at radius 3 is 2.50 bits per heavy atom. The number of nitrogens with one attached hydrogen (secondary N) is 1. The lowest BCUT2D eigenvalue weighted by molar-refractivity contribution is -0.116. The smallest absolute Gasteiger partial charge is 0.332 e. The molecule has 0 spiro atoms. The van der Waals surface area contributed by atoms with E-state index >= 15 is 0 Å². The molecule has 3 aromatic rings. The first-order valence-electron chi connectivity index (χ1n) is 9.89. The van der Waals surface area contributed by atoms with E-state index in [1.807, 2.05) is 31.2 Å². The largest absolute Gasteiger partial charge is 0.507 e. The number of anilines is 1. The number of amides is 1. The number of para-hydroxylation sites is 1. The van der Waals surface area contributed by atoms with Crippen molar-refractivity contribution in [1.82, 2.24) is 9.13 Å². The molecule has 0 saturated carbocycles. The van der Waals surface area contributed by atoms with E-state index in [0.717, 1.165) is 20.3 Å². The maximum atomic E-state index is 12.5. The Morgan fingerprint density at radius 2 is 1.81 bits per heavy atom. The Bertz CT molecular complexity index is 1330. The summed E-state index contributed by atoms with van der Waals surface area (Å²) < 4.78 is 1.95. The maximum Gasteiger partial charge on any atom is 0.332 e. The van der Waals surface area contributed by atoms with Gasteiger partial charge in [-0.1, -0.05) is 65.4 Å². The van der Waals surface area contributed by atoms with Crippen LogP contribution in [-0.2, 0) is 24.8 Å². The molecule has 0 radical (unpaired) electrons. The lowest BCUT2D eigenvalue weighted by atomic mass is 10.1. The van der Waals surface area contributed by atoms with Crippen molar-refractivity contribution in [3.05, 3.63) is 91.2 Å². The molecular formula is C24H22ClN3O4. The van der Waals surface area contributed by atoms with Crippen LogP contribution in [-0.4, -0.2) is 20.1 Å². The molecule has 164 valence electrons. The number of aryl methyl sites for hydroxylation is 2. The van der Waals surface area contributed by atoms with Gasteiger partial charge in [-0.25, -0.2) is 4.79 Å². The van der Waals surface area contributed by atoms with Crippen molar-refractivity contribution in [2.24, 2.45) is 7.05 Å². The fourth-order valence-corrected chi connectivity index (χ4v) is 3.25. The Labute approximate surface area is 189 Å². The van der Waals surface area contributed by atoms with Gasteiger partial charge in [-0.15, -0.1) is 0 Å². The van der Waals surface area contributed by atoms with Crippen molar-refractivity contribution >= 4 is 23.2 Å². The number of phenolic OH excluding ortho intramolecular Hbond substituents is 1. The van der Waals surface area contributed by atoms with E-state index < -0.39 is 17.2 Å². The number of phenols is 1. The van der Waals surface area contributed by atoms with Crippen LogP contribution in [0, 0.1) is 18.8 Å². The fourth-order valence-electron chi connectivity index (χ4n) is 2.99. The van der Waals surface area contributed by atoms with Crippen molar-refractivity contribution < 1.29 is 9.90 Å². The second kappa shape index (κ2) is 10.0. The van der Waals surface area contributed by atoms with Crippen LogP contribution >= 0.6 is 11.6 Å². The average molecular weight is 452 g/mol. The van der Waals surface area contributed by atoms with E-state index in [1.165, 1.54) is 13.1 Å². The minimum atomic E-state index is -0.700. The van der Waals surface area contributed by atoms with Crippen molar-refractivity contribution in [1.29, 1.82) is 0 Å². The van der Waals surface area contributed by atoms with Gasteiger partial charge in [0.1, 0.15) is 16.6 Å². The molecule has 0 saturated heterocycles. The number of halogens is 1. The molecule has 1 amide bonds. The Kier molecular flexibility index (Phi) is 7.18. The third kappa shape index (κ3) is 5.29. The molecule has 0 bridgehead atoms. The lowest BCUT2D eigenvalue weighted by Gasteiger charge is -2.13. The van der Waals surface area contributed by atoms with Crippen LogP contribution < -0.4 is 16.6 Å². The standard InChI is InChI=1S/C24H22ClN3O4/c1-16-9-11-17(12-10-16)13-14-20(30)26-21-22(25)28(24(32)27(2)23(21)31)15-5-7-18-6-3-4-8-19(18)29/h3-4,6,8-12,29H,13-15H2,1-2H3,(H,26,30). The quantitative estimate of drug-likeness (QED) is 0.461. The second-order valence-corrected chi connectivity index (χ2v) is 7.61. The summed E-state index contributed by atoms with van der Waals surface area (Å²) in [6, 6.07) is 14.3. The van der Waals surface area contributed by atoms with Gasteiger partial charge in [-0.2, -0.15) is 0 Å². The SMILES string of the molecule is Cc1ccc(CCC(=O)Nc2c(Cl)n(CC#Cc3ccccc3O)c(=O)n(C)c2=O)cc1. The third-order valence-corrected chi connectivity index (χ3v) is 5.26. The van der Waals surface area contributed by atoms with E-state index in [0.29, 0.717) is 12.0 Å². The number of hydrogen-bond acceptors (Lipinski definition) is 4. The summed E-state index contributed by atoms with van der Waals surface area (Å²) in [5, 5.41) is 12.1. The molecule has 8 heteroatoms. The molecule has 7 nitrogen and oxygen atoms in total. The van der Waals surface area contributed by atoms with Gasteiger partial charge in [-0.3, -0.25) is 18.7 Å². The zero-order chi connectivity index (χ0) is 23.3. The van der Waals surface area contributed by atoms with E-state index in [9.17, 15) is 19.5 Å². The molecule has 1 heterocycles. The molecular weight excluding hydrogens is 430 g/mol. The molecule has 1 aromatic heterocycles. The number of carbonyl (C=O) groups excluding carboxylic acids is 1. The molecule has 0 aliphatic carbocycles. The van der Waals surface area contributed by atoms with Gasteiger partial charge >= 0.3 is 5.69 Å². The van der Waals surface area contributed by atoms with Crippen molar-refractivity contribution in [2.45, 2.75) is 26.3 Å². The van der Waals surface area contributed by atoms with Crippen molar-refractivity contribution in [3.63, 3.8) is 0 Å². The summed E-state index contributed by atoms with van der Waals surface area (Å²) in [6.07, 6.45) is 0.643. The molecule has 2 N–H and O–H groups in total. The number of nitrogens with zero attached hydrogens (tertiary/aromatic N) is 2. The van der Waals surface area contributed by atoms with Gasteiger partial charge in [0.2, 0.25) is 5.91 Å². The molecule has 2 aromatic carbocycles. The average Bonchev–Trinajstić information content (AvgIpc) is 2.78. The number of aromatic hydroxyl groups is 1. The predicted molar refractivity (Wildman–Crippen MR) is 124 cm³/mol. The maximum absolute atomic E-state index is 12.5. The summed E-state index contributed by atoms with van der Waals surface area (Å²) in [5.74, 6) is 5.14. The fraction of sp³-hybridized carbons (Fsp3) is 0.208. The molecule has 3 rings (SSSR count). The minimum absolute atomic E-state index is 0.0143. The van der Waals surface area contributed by atoms with E-state index in [-0.39, 0.29) is 29.6 Å². The van der Waals surface area contributed by atoms with E-state index in [4.69, 9.17) is 11.6 Å². The van der Waals surface area contributed by atoms with Gasteiger partial charge in [0, 0.05) is 13.5 Å². The number of benzene rings is 2. The summed E-state index contributed by atoms with van der Waals surface area (Å²) >= 11 is 6.30. The van der Waals surface area contributed by atoms with E-state index in [1.54, 1.807) is 18.2 Å². The van der Waals surface area contributed by atoms with Gasteiger partial charge in [0.25, 0.3) is 5.56 Å². The highest BCUT2D eigenvalue weighted by molar-refractivity contribution is 6.32. The zero-order valence-corrected chi connectivity index (χ0v) is 18.4. The summed E-state index contributed by atoms with van der Waals surface area (Å²) in [4.78, 5) is 37.5. The van der Waals surface area contributed by atoms with Crippen LogP contribution in [0.5, 0.6) is 5.75 Å². The monoisotopic (exact) mass is 451 g/mol. The van der Waals surface area contributed by atoms with Gasteiger partial charge < -0.3 is 10.4 Å². The minimum Gasteiger partial charge on any atom is -0.507 e. The van der Waals surface area contributed by atoms with Crippen LogP contribution in [0.2, 0.25) is 5.15 Å². The lowest BCUT2D eigenvalue weighted by Crippen LogP contribution is -2.40. The van der Waals surface area contributed by atoms with Crippen LogP contribution in [0.15, 0.2) is 58.1 Å². The highest BCUT2D eigenvalue weighted by atomic mass is 35.5. The Morgan fingerprint density at radius 1 is 1.12 bits per heavy atom. The van der Waals surface area contributed by atoms with Crippen LogP contribution in [0.4, 0.5) is 5.69 Å². The van der Waals surface area contributed by atoms with Crippen molar-refractivity contribution in [2.75, 3.05) is 5.32 Å². The predicted octanol–water partition coefficient (Wildman–Crippen LogP) is 2.84. The zero-order valence-electron chi connectivity index (χ0n) is 17.7. The Hall–Kier alpha value is -3.76. The molecule has 32 heavy (non-hydrogen) atoms. The highest BCUT2D eigenvalue weighted by Crippen LogP contribution is 2.17. The summed E-state index contributed by atoms with van der Waals surface area (Å²) in [5.41, 5.74) is 0.978. The van der Waals surface area contributed by atoms with Crippen LogP contribution in [0.25, 0.3) is 0 Å². The van der Waals surface area contributed by atoms with Crippen LogP contribution in [0.1, 0.15) is 23.1 Å². The Balaban J connectivity index is 1.81. The molecule has 0 fully saturated rings. The molecule has 0 aliphatic heterocycles. The summed E-state index contributed by atoms with van der Waals surface area (Å²) in [7, 11) is 1.30. The number of aromatic nitrogens is 2. The topological polar surface area (TPSA) is 93.3 Å². The van der Waals surface area contributed by atoms with Gasteiger partial charge in [-0.05, 0) is 31.0 Å². The second-order valence-electron chi connectivity index (χ2n) is 7.25. The van der Waals surface area contributed by atoms with Crippen molar-refractivity contribution in [3.8, 4) is 17.6 Å². The van der Waals surface area contributed by atoms with Gasteiger partial charge in [0.05, 0.1) is 12.1 Å². The molecule has 0 aliphatic rings. The number of rotatable bonds is 5. The molecule has 0 atom stereocenters. The van der Waals surface area contributed by atoms with E-state index in [2.05, 4.69) is 17.2 Å². The first-order chi connectivity index (χ1) is 15.3. The van der Waals surface area contributed by atoms with Gasteiger partial charge in [0.15, 0.2) is 0 Å². The summed E-state index contributed by atoms with van der Waals surface area (Å²) in [6.45, 7) is 1.85. The molecule has 0 unspecified atom stereocenters.